The van der Waals surface area contributed by atoms with Crippen molar-refractivity contribution in [3.05, 3.63) is 0 Å². The molecule has 3 aliphatic heterocycles. The molecule has 6 nitrogen and oxygen atoms in total. The molecule has 6 heteroatoms. The summed E-state index contributed by atoms with van der Waals surface area (Å²) in [5.74, 6) is 0.824. The molecule has 0 saturated carbocycles. The normalized spacial score (nSPS) is 28.7. The quantitative estimate of drug-likeness (QED) is 0.756. The van der Waals surface area contributed by atoms with Crippen molar-refractivity contribution in [2.75, 3.05) is 39.8 Å². The van der Waals surface area contributed by atoms with Crippen LogP contribution in [-0.2, 0) is 14.4 Å². The number of piperidine rings is 1. The lowest BCUT2D eigenvalue weighted by Gasteiger charge is -2.46. The fraction of sp³-hybridized carbons (Fsp3) is 0.842. The highest BCUT2D eigenvalue weighted by Gasteiger charge is 2.65. The maximum Gasteiger partial charge on any atom is 0.231 e. The summed E-state index contributed by atoms with van der Waals surface area (Å²) in [7, 11) is 1.86. The van der Waals surface area contributed by atoms with Gasteiger partial charge in [-0.15, -0.1) is 0 Å². The number of amides is 3. The minimum atomic E-state index is -0.444. The highest BCUT2D eigenvalue weighted by Crippen LogP contribution is 2.57. The van der Waals surface area contributed by atoms with E-state index in [9.17, 15) is 14.4 Å². The van der Waals surface area contributed by atoms with Gasteiger partial charge in [-0.3, -0.25) is 14.4 Å². The van der Waals surface area contributed by atoms with Gasteiger partial charge in [-0.25, -0.2) is 0 Å². The molecule has 3 heterocycles. The Morgan fingerprint density at radius 1 is 1.04 bits per heavy atom. The number of hydrogen-bond acceptors (Lipinski definition) is 3. The molecule has 0 aromatic heterocycles. The van der Waals surface area contributed by atoms with E-state index in [-0.39, 0.29) is 23.1 Å². The predicted molar refractivity (Wildman–Crippen MR) is 94.6 cm³/mol. The van der Waals surface area contributed by atoms with Gasteiger partial charge < -0.3 is 14.7 Å². The Bertz CT molecular complexity index is 580. The Kier molecular flexibility index (Phi) is 4.58. The number of nitrogens with zero attached hydrogens (tertiary/aromatic N) is 3. The van der Waals surface area contributed by atoms with Crippen LogP contribution in [0.4, 0.5) is 0 Å². The van der Waals surface area contributed by atoms with Crippen molar-refractivity contribution >= 4 is 17.7 Å². The molecule has 2 spiro atoms. The first-order valence-electron chi connectivity index (χ1n) is 9.50. The molecule has 140 valence electrons. The molecule has 3 aliphatic rings. The fourth-order valence-electron chi connectivity index (χ4n) is 5.16. The molecule has 0 N–H and O–H groups in total. The van der Waals surface area contributed by atoms with Gasteiger partial charge in [-0.05, 0) is 25.2 Å². The second-order valence-corrected chi connectivity index (χ2v) is 8.69. The fourth-order valence-corrected chi connectivity index (χ4v) is 5.16. The van der Waals surface area contributed by atoms with E-state index >= 15 is 0 Å². The van der Waals surface area contributed by atoms with Crippen molar-refractivity contribution in [2.45, 2.75) is 46.5 Å². The second kappa shape index (κ2) is 6.29. The molecule has 0 radical (unpaired) electrons. The first-order chi connectivity index (χ1) is 11.7. The van der Waals surface area contributed by atoms with Crippen molar-refractivity contribution in [1.29, 1.82) is 0 Å². The predicted octanol–water partition coefficient (Wildman–Crippen LogP) is 1.35. The molecule has 3 amide bonds. The summed E-state index contributed by atoms with van der Waals surface area (Å²) in [6, 6.07) is 0. The monoisotopic (exact) mass is 349 g/mol. The molecule has 3 fully saturated rings. The minimum absolute atomic E-state index is 0.0527. The highest BCUT2D eigenvalue weighted by molar-refractivity contribution is 5.88. The number of likely N-dealkylation sites (tertiary alicyclic amines) is 3. The van der Waals surface area contributed by atoms with Crippen LogP contribution in [0.3, 0.4) is 0 Å². The zero-order valence-corrected chi connectivity index (χ0v) is 16.0. The topological polar surface area (TPSA) is 60.9 Å². The lowest BCUT2D eigenvalue weighted by atomic mass is 9.60. The SMILES string of the molecule is CC(=O)N1CC2(CCN(C(=O)CC(C)C)CC2)C2(CCN(C)C2=O)C1. The van der Waals surface area contributed by atoms with Crippen LogP contribution in [-0.4, -0.2) is 72.2 Å². The van der Waals surface area contributed by atoms with Crippen molar-refractivity contribution in [3.63, 3.8) is 0 Å². The summed E-state index contributed by atoms with van der Waals surface area (Å²) in [4.78, 5) is 43.1. The summed E-state index contributed by atoms with van der Waals surface area (Å²) in [6.07, 6.45) is 3.05. The third-order valence-corrected chi connectivity index (χ3v) is 6.70. The van der Waals surface area contributed by atoms with E-state index in [1.54, 1.807) is 6.92 Å². The van der Waals surface area contributed by atoms with Gasteiger partial charge in [0.15, 0.2) is 0 Å². The number of carbonyl (C=O) groups is 3. The van der Waals surface area contributed by atoms with Crippen LogP contribution >= 0.6 is 0 Å². The highest BCUT2D eigenvalue weighted by atomic mass is 16.2. The third-order valence-electron chi connectivity index (χ3n) is 6.70. The molecule has 0 aliphatic carbocycles. The van der Waals surface area contributed by atoms with Crippen LogP contribution in [0.15, 0.2) is 0 Å². The van der Waals surface area contributed by atoms with E-state index in [1.807, 2.05) is 21.7 Å². The van der Waals surface area contributed by atoms with Gasteiger partial charge in [0, 0.05) is 58.5 Å². The summed E-state index contributed by atoms with van der Waals surface area (Å²) < 4.78 is 0. The molecule has 0 aromatic carbocycles. The van der Waals surface area contributed by atoms with Crippen LogP contribution in [0.25, 0.3) is 0 Å². The average Bonchev–Trinajstić information content (AvgIpc) is 3.01. The van der Waals surface area contributed by atoms with Crippen molar-refractivity contribution in [2.24, 2.45) is 16.7 Å². The van der Waals surface area contributed by atoms with E-state index < -0.39 is 5.41 Å². The maximum atomic E-state index is 13.0. The van der Waals surface area contributed by atoms with E-state index in [2.05, 4.69) is 13.8 Å². The molecule has 0 aromatic rings. The Balaban J connectivity index is 1.81. The van der Waals surface area contributed by atoms with Crippen LogP contribution in [0, 0.1) is 16.7 Å². The van der Waals surface area contributed by atoms with Gasteiger partial charge in [0.1, 0.15) is 0 Å². The van der Waals surface area contributed by atoms with E-state index in [0.717, 1.165) is 25.8 Å². The number of hydrogen-bond donors (Lipinski definition) is 0. The van der Waals surface area contributed by atoms with Gasteiger partial charge in [-0.2, -0.15) is 0 Å². The number of fused-ring (bicyclic) bond motifs is 1. The standard InChI is InChI=1S/C19H31N3O3/c1-14(2)11-16(24)21-9-5-18(6-10-21)12-22(15(3)23)13-19(18)7-8-20(4)17(19)25/h14H,5-13H2,1-4H3. The maximum absolute atomic E-state index is 13.0. The van der Waals surface area contributed by atoms with Gasteiger partial charge >= 0.3 is 0 Å². The van der Waals surface area contributed by atoms with E-state index in [4.69, 9.17) is 0 Å². The molecular weight excluding hydrogens is 318 g/mol. The first kappa shape index (κ1) is 18.2. The Hall–Kier alpha value is -1.59. The summed E-state index contributed by atoms with van der Waals surface area (Å²) in [5.41, 5.74) is -0.615. The second-order valence-electron chi connectivity index (χ2n) is 8.69. The molecule has 3 saturated heterocycles. The van der Waals surface area contributed by atoms with Crippen molar-refractivity contribution in [1.82, 2.24) is 14.7 Å². The Morgan fingerprint density at radius 2 is 1.68 bits per heavy atom. The lowest BCUT2D eigenvalue weighted by Crippen LogP contribution is -2.53. The summed E-state index contributed by atoms with van der Waals surface area (Å²) in [6.45, 7) is 9.10. The summed E-state index contributed by atoms with van der Waals surface area (Å²) in [5, 5.41) is 0. The smallest absolute Gasteiger partial charge is 0.231 e. The van der Waals surface area contributed by atoms with E-state index in [0.29, 0.717) is 38.5 Å². The molecule has 25 heavy (non-hydrogen) atoms. The van der Waals surface area contributed by atoms with Gasteiger partial charge in [0.05, 0.1) is 5.41 Å². The molecule has 3 rings (SSSR count). The zero-order valence-electron chi connectivity index (χ0n) is 16.0. The molecule has 1 unspecified atom stereocenters. The molecular formula is C19H31N3O3. The van der Waals surface area contributed by atoms with Gasteiger partial charge in [0.25, 0.3) is 0 Å². The van der Waals surface area contributed by atoms with Gasteiger partial charge in [0.2, 0.25) is 17.7 Å². The average molecular weight is 349 g/mol. The van der Waals surface area contributed by atoms with Crippen molar-refractivity contribution < 1.29 is 14.4 Å². The van der Waals surface area contributed by atoms with Crippen LogP contribution in [0.1, 0.15) is 46.5 Å². The van der Waals surface area contributed by atoms with E-state index in [1.165, 1.54) is 0 Å². The summed E-state index contributed by atoms with van der Waals surface area (Å²) >= 11 is 0. The van der Waals surface area contributed by atoms with Crippen LogP contribution in [0.5, 0.6) is 0 Å². The van der Waals surface area contributed by atoms with Crippen LogP contribution in [0.2, 0.25) is 0 Å². The van der Waals surface area contributed by atoms with Gasteiger partial charge in [-0.1, -0.05) is 13.8 Å². The first-order valence-corrected chi connectivity index (χ1v) is 9.50. The Labute approximate surface area is 150 Å². The van der Waals surface area contributed by atoms with Crippen LogP contribution < -0.4 is 0 Å². The largest absolute Gasteiger partial charge is 0.345 e. The zero-order chi connectivity index (χ0) is 18.4. The minimum Gasteiger partial charge on any atom is -0.345 e. The third kappa shape index (κ3) is 2.83. The molecule has 0 bridgehead atoms. The molecule has 1 atom stereocenters. The number of carbonyl (C=O) groups excluding carboxylic acids is 3. The van der Waals surface area contributed by atoms with Crippen molar-refractivity contribution in [3.8, 4) is 0 Å². The number of rotatable bonds is 2. The Morgan fingerprint density at radius 3 is 2.16 bits per heavy atom. The lowest BCUT2D eigenvalue weighted by molar-refractivity contribution is -0.143.